The SMILES string of the molecule is Cc1cc(C)cc([C@@H](C)Nc2ncnc3c2CN(c2ccccc2F)C(=O)C32CCN(C)C2)c1. The molecule has 3 aromatic rings. The van der Waals surface area contributed by atoms with Gasteiger partial charge in [-0.1, -0.05) is 41.5 Å². The van der Waals surface area contributed by atoms with Crippen molar-refractivity contribution >= 4 is 17.4 Å². The summed E-state index contributed by atoms with van der Waals surface area (Å²) in [6.45, 7) is 7.84. The van der Waals surface area contributed by atoms with Gasteiger partial charge in [0.25, 0.3) is 0 Å². The number of likely N-dealkylation sites (N-methyl/N-ethyl adjacent to an activating group) is 1. The van der Waals surface area contributed by atoms with Crippen molar-refractivity contribution in [2.24, 2.45) is 0 Å². The van der Waals surface area contributed by atoms with Crippen LogP contribution in [-0.4, -0.2) is 40.9 Å². The number of likely N-dealkylation sites (tertiary alicyclic amines) is 1. The first kappa shape index (κ1) is 22.5. The molecule has 1 aromatic heterocycles. The molecule has 0 aliphatic carbocycles. The van der Waals surface area contributed by atoms with E-state index >= 15 is 0 Å². The highest BCUT2D eigenvalue weighted by molar-refractivity contribution is 6.03. The van der Waals surface area contributed by atoms with Gasteiger partial charge in [-0.3, -0.25) is 4.79 Å². The zero-order valence-electron chi connectivity index (χ0n) is 20.1. The number of hydrogen-bond acceptors (Lipinski definition) is 5. The number of para-hydroxylation sites is 1. The van der Waals surface area contributed by atoms with E-state index in [-0.39, 0.29) is 18.5 Å². The molecule has 2 atom stereocenters. The molecule has 176 valence electrons. The van der Waals surface area contributed by atoms with Gasteiger partial charge in [-0.15, -0.1) is 0 Å². The fourth-order valence-electron chi connectivity index (χ4n) is 5.47. The predicted molar refractivity (Wildman–Crippen MR) is 131 cm³/mol. The van der Waals surface area contributed by atoms with Crippen LogP contribution < -0.4 is 10.2 Å². The van der Waals surface area contributed by atoms with Crippen molar-refractivity contribution < 1.29 is 9.18 Å². The number of aryl methyl sites for hydroxylation is 2. The quantitative estimate of drug-likeness (QED) is 0.621. The van der Waals surface area contributed by atoms with Gasteiger partial charge in [0.15, 0.2) is 0 Å². The van der Waals surface area contributed by atoms with Gasteiger partial charge < -0.3 is 15.1 Å². The average Bonchev–Trinajstić information content (AvgIpc) is 3.19. The van der Waals surface area contributed by atoms with Gasteiger partial charge in [0.1, 0.15) is 23.4 Å². The topological polar surface area (TPSA) is 61.4 Å². The molecule has 6 nitrogen and oxygen atoms in total. The van der Waals surface area contributed by atoms with Crippen LogP contribution in [-0.2, 0) is 16.8 Å². The van der Waals surface area contributed by atoms with Gasteiger partial charge in [0.2, 0.25) is 5.91 Å². The molecule has 34 heavy (non-hydrogen) atoms. The van der Waals surface area contributed by atoms with E-state index in [1.807, 2.05) is 7.05 Å². The first-order valence-corrected chi connectivity index (χ1v) is 11.7. The van der Waals surface area contributed by atoms with E-state index in [0.29, 0.717) is 24.5 Å². The molecular weight excluding hydrogens is 429 g/mol. The Kier molecular flexibility index (Phi) is 5.60. The van der Waals surface area contributed by atoms with Crippen LogP contribution >= 0.6 is 0 Å². The Labute approximate surface area is 199 Å². The number of carbonyl (C=O) groups is 1. The van der Waals surface area contributed by atoms with Crippen LogP contribution in [0, 0.1) is 19.7 Å². The van der Waals surface area contributed by atoms with Gasteiger partial charge in [-0.2, -0.15) is 0 Å². The predicted octanol–water partition coefficient (Wildman–Crippen LogP) is 4.53. The van der Waals surface area contributed by atoms with Gasteiger partial charge in [0.05, 0.1) is 17.9 Å². The van der Waals surface area contributed by atoms with Gasteiger partial charge in [-0.05, 0) is 58.5 Å². The van der Waals surface area contributed by atoms with Crippen LogP contribution in [0.2, 0.25) is 0 Å². The number of halogens is 1. The number of nitrogens with one attached hydrogen (secondary N) is 1. The maximum Gasteiger partial charge on any atom is 0.241 e. The normalized spacial score (nSPS) is 21.1. The summed E-state index contributed by atoms with van der Waals surface area (Å²) in [5.41, 5.74) is 4.68. The van der Waals surface area contributed by atoms with Gasteiger partial charge >= 0.3 is 0 Å². The molecule has 2 aliphatic heterocycles. The number of rotatable bonds is 4. The van der Waals surface area contributed by atoms with Crippen molar-refractivity contribution in [1.29, 1.82) is 0 Å². The smallest absolute Gasteiger partial charge is 0.241 e. The highest BCUT2D eigenvalue weighted by Gasteiger charge is 2.53. The molecule has 0 bridgehead atoms. The Morgan fingerprint density at radius 3 is 2.53 bits per heavy atom. The van der Waals surface area contributed by atoms with Crippen LogP contribution in [0.5, 0.6) is 0 Å². The molecule has 1 saturated heterocycles. The largest absolute Gasteiger partial charge is 0.363 e. The van der Waals surface area contributed by atoms with Crippen molar-refractivity contribution in [1.82, 2.24) is 14.9 Å². The zero-order valence-corrected chi connectivity index (χ0v) is 20.1. The van der Waals surface area contributed by atoms with Gasteiger partial charge in [-0.25, -0.2) is 14.4 Å². The Balaban J connectivity index is 1.60. The second-order valence-corrected chi connectivity index (χ2v) is 9.75. The summed E-state index contributed by atoms with van der Waals surface area (Å²) in [6.07, 6.45) is 2.19. The summed E-state index contributed by atoms with van der Waals surface area (Å²) in [7, 11) is 2.01. The highest BCUT2D eigenvalue weighted by Crippen LogP contribution is 2.44. The van der Waals surface area contributed by atoms with Crippen molar-refractivity contribution in [3.8, 4) is 0 Å². The average molecular weight is 460 g/mol. The molecule has 0 radical (unpaired) electrons. The number of carbonyl (C=O) groups excluding carboxylic acids is 1. The Morgan fingerprint density at radius 1 is 1.12 bits per heavy atom. The number of fused-ring (bicyclic) bond motifs is 2. The third kappa shape index (κ3) is 3.74. The van der Waals surface area contributed by atoms with Gasteiger partial charge in [0, 0.05) is 18.2 Å². The third-order valence-electron chi connectivity index (χ3n) is 7.07. The maximum atomic E-state index is 14.8. The van der Waals surface area contributed by atoms with Crippen molar-refractivity contribution in [3.05, 3.63) is 82.6 Å². The van der Waals surface area contributed by atoms with Crippen molar-refractivity contribution in [2.75, 3.05) is 30.4 Å². The molecule has 7 heteroatoms. The highest BCUT2D eigenvalue weighted by atomic mass is 19.1. The molecule has 5 rings (SSSR count). The Bertz CT molecular complexity index is 1240. The van der Waals surface area contributed by atoms with Crippen molar-refractivity contribution in [3.63, 3.8) is 0 Å². The fraction of sp³-hybridized carbons (Fsp3) is 0.370. The van der Waals surface area contributed by atoms with E-state index in [9.17, 15) is 9.18 Å². The molecule has 1 spiro atoms. The molecule has 2 aliphatic rings. The van der Waals surface area contributed by atoms with E-state index in [2.05, 4.69) is 59.2 Å². The van der Waals surface area contributed by atoms with Crippen LogP contribution in [0.3, 0.4) is 0 Å². The molecular formula is C27H30FN5O. The number of aromatic nitrogens is 2. The van der Waals surface area contributed by atoms with E-state index < -0.39 is 11.2 Å². The number of hydrogen-bond donors (Lipinski definition) is 1. The summed E-state index contributed by atoms with van der Waals surface area (Å²) in [4.78, 5) is 26.8. The lowest BCUT2D eigenvalue weighted by molar-refractivity contribution is -0.124. The summed E-state index contributed by atoms with van der Waals surface area (Å²) >= 11 is 0. The fourth-order valence-corrected chi connectivity index (χ4v) is 5.47. The molecule has 2 aromatic carbocycles. The van der Waals surface area contributed by atoms with Crippen LogP contribution in [0.15, 0.2) is 48.8 Å². The minimum absolute atomic E-state index is 0.000610. The summed E-state index contributed by atoms with van der Waals surface area (Å²) < 4.78 is 14.8. The molecule has 1 unspecified atom stereocenters. The second kappa shape index (κ2) is 8.47. The van der Waals surface area contributed by atoms with E-state index in [0.717, 1.165) is 23.4 Å². The van der Waals surface area contributed by atoms with Crippen LogP contribution in [0.25, 0.3) is 0 Å². The minimum Gasteiger partial charge on any atom is -0.363 e. The first-order valence-electron chi connectivity index (χ1n) is 11.7. The summed E-state index contributed by atoms with van der Waals surface area (Å²) in [5.74, 6) is 0.191. The minimum atomic E-state index is -0.812. The summed E-state index contributed by atoms with van der Waals surface area (Å²) in [6, 6.07) is 13.0. The lowest BCUT2D eigenvalue weighted by Crippen LogP contribution is -2.53. The van der Waals surface area contributed by atoms with E-state index in [1.54, 1.807) is 29.4 Å². The molecule has 3 heterocycles. The first-order chi connectivity index (χ1) is 16.3. The second-order valence-electron chi connectivity index (χ2n) is 9.75. The number of anilines is 2. The molecule has 1 N–H and O–H groups in total. The number of amides is 1. The van der Waals surface area contributed by atoms with Crippen LogP contribution in [0.1, 0.15) is 47.3 Å². The van der Waals surface area contributed by atoms with E-state index in [4.69, 9.17) is 0 Å². The lowest BCUT2D eigenvalue weighted by Gasteiger charge is -2.40. The van der Waals surface area contributed by atoms with Crippen LogP contribution in [0.4, 0.5) is 15.9 Å². The standard InChI is InChI=1S/C27H30FN5O/c1-17-11-18(2)13-20(12-17)19(3)31-25-21-14-33(23-8-6-5-7-22(23)28)26(34)27(9-10-32(4)15-27)24(21)29-16-30-25/h5-8,11-13,16,19H,9-10,14-15H2,1-4H3,(H,29,30,31)/t19-,27?/m1/s1. The Morgan fingerprint density at radius 2 is 1.85 bits per heavy atom. The zero-order chi connectivity index (χ0) is 24.0. The number of nitrogens with zero attached hydrogens (tertiary/aromatic N) is 4. The molecule has 1 amide bonds. The lowest BCUT2D eigenvalue weighted by atomic mass is 9.76. The van der Waals surface area contributed by atoms with Crippen molar-refractivity contribution in [2.45, 2.75) is 45.2 Å². The Hall–Kier alpha value is -3.32. The maximum absolute atomic E-state index is 14.8. The third-order valence-corrected chi connectivity index (χ3v) is 7.07. The number of benzene rings is 2. The molecule has 0 saturated carbocycles. The van der Waals surface area contributed by atoms with E-state index in [1.165, 1.54) is 17.2 Å². The summed E-state index contributed by atoms with van der Waals surface area (Å²) in [5, 5.41) is 3.56. The monoisotopic (exact) mass is 459 g/mol. The molecule has 1 fully saturated rings.